The SMILES string of the molecule is Cc1ccnn1-c1ccc(C(=O)Nc2cccc(N3CCNC3=O)c2)cc1. The molecule has 1 aromatic heterocycles. The van der Waals surface area contributed by atoms with Crippen molar-refractivity contribution < 1.29 is 9.59 Å². The predicted octanol–water partition coefficient (Wildman–Crippen LogP) is 2.96. The van der Waals surface area contributed by atoms with Crippen LogP contribution in [0.3, 0.4) is 0 Å². The molecule has 0 atom stereocenters. The molecule has 1 aliphatic rings. The van der Waals surface area contributed by atoms with E-state index in [1.54, 1.807) is 35.4 Å². The fourth-order valence-electron chi connectivity index (χ4n) is 3.07. The van der Waals surface area contributed by atoms with Crippen LogP contribution in [0.1, 0.15) is 16.1 Å². The average molecular weight is 361 g/mol. The highest BCUT2D eigenvalue weighted by Gasteiger charge is 2.21. The fraction of sp³-hybridized carbons (Fsp3) is 0.150. The summed E-state index contributed by atoms with van der Waals surface area (Å²) in [5, 5.41) is 9.91. The second-order valence-electron chi connectivity index (χ2n) is 6.32. The Morgan fingerprint density at radius 2 is 1.93 bits per heavy atom. The number of aryl methyl sites for hydroxylation is 1. The molecule has 27 heavy (non-hydrogen) atoms. The minimum Gasteiger partial charge on any atom is -0.336 e. The lowest BCUT2D eigenvalue weighted by atomic mass is 10.2. The van der Waals surface area contributed by atoms with Gasteiger partial charge in [-0.25, -0.2) is 9.48 Å². The van der Waals surface area contributed by atoms with E-state index in [2.05, 4.69) is 15.7 Å². The van der Waals surface area contributed by atoms with Crippen molar-refractivity contribution in [2.75, 3.05) is 23.3 Å². The van der Waals surface area contributed by atoms with Crippen LogP contribution in [0.2, 0.25) is 0 Å². The van der Waals surface area contributed by atoms with Crippen molar-refractivity contribution in [3.8, 4) is 5.69 Å². The van der Waals surface area contributed by atoms with E-state index >= 15 is 0 Å². The minimum absolute atomic E-state index is 0.122. The first-order valence-electron chi connectivity index (χ1n) is 8.70. The summed E-state index contributed by atoms with van der Waals surface area (Å²) < 4.78 is 1.81. The molecule has 0 saturated carbocycles. The van der Waals surface area contributed by atoms with Gasteiger partial charge in [0.1, 0.15) is 0 Å². The van der Waals surface area contributed by atoms with Crippen molar-refractivity contribution in [2.24, 2.45) is 0 Å². The summed E-state index contributed by atoms with van der Waals surface area (Å²) in [7, 11) is 0. The van der Waals surface area contributed by atoms with Gasteiger partial charge in [0.05, 0.1) is 5.69 Å². The van der Waals surface area contributed by atoms with E-state index in [1.807, 2.05) is 41.9 Å². The number of benzene rings is 2. The van der Waals surface area contributed by atoms with Gasteiger partial charge in [0.15, 0.2) is 0 Å². The third-order valence-electron chi connectivity index (χ3n) is 4.48. The Balaban J connectivity index is 1.49. The van der Waals surface area contributed by atoms with Crippen LogP contribution in [0, 0.1) is 6.92 Å². The zero-order chi connectivity index (χ0) is 18.8. The van der Waals surface area contributed by atoms with Crippen molar-refractivity contribution in [3.63, 3.8) is 0 Å². The topological polar surface area (TPSA) is 79.3 Å². The Kier molecular flexibility index (Phi) is 4.33. The molecule has 2 heterocycles. The molecule has 1 fully saturated rings. The normalized spacial score (nSPS) is 13.5. The number of urea groups is 1. The molecular weight excluding hydrogens is 342 g/mol. The number of carbonyl (C=O) groups is 2. The average Bonchev–Trinajstić information content (AvgIpc) is 3.30. The Hall–Kier alpha value is -3.61. The molecule has 0 radical (unpaired) electrons. The standard InChI is InChI=1S/C20H19N5O2/c1-14-9-10-22-25(14)17-7-5-15(6-8-17)19(26)23-16-3-2-4-18(13-16)24-12-11-21-20(24)27/h2-10,13H,11-12H2,1H3,(H,21,27)(H,23,26). The molecule has 3 aromatic rings. The van der Waals surface area contributed by atoms with Gasteiger partial charge in [0.25, 0.3) is 5.91 Å². The van der Waals surface area contributed by atoms with Gasteiger partial charge >= 0.3 is 6.03 Å². The van der Waals surface area contributed by atoms with Crippen LogP contribution in [0.25, 0.3) is 5.69 Å². The first-order valence-corrected chi connectivity index (χ1v) is 8.70. The number of amides is 3. The van der Waals surface area contributed by atoms with Gasteiger partial charge in [-0.3, -0.25) is 9.69 Å². The number of nitrogens with one attached hydrogen (secondary N) is 2. The molecule has 1 aliphatic heterocycles. The van der Waals surface area contributed by atoms with Crippen LogP contribution < -0.4 is 15.5 Å². The van der Waals surface area contributed by atoms with E-state index in [-0.39, 0.29) is 11.9 Å². The zero-order valence-corrected chi connectivity index (χ0v) is 14.8. The second kappa shape index (κ2) is 6.95. The summed E-state index contributed by atoms with van der Waals surface area (Å²) >= 11 is 0. The van der Waals surface area contributed by atoms with Crippen LogP contribution in [0.4, 0.5) is 16.2 Å². The van der Waals surface area contributed by atoms with E-state index in [1.165, 1.54) is 0 Å². The maximum Gasteiger partial charge on any atom is 0.321 e. The van der Waals surface area contributed by atoms with Gasteiger partial charge in [-0.2, -0.15) is 5.10 Å². The Bertz CT molecular complexity index is 994. The summed E-state index contributed by atoms with van der Waals surface area (Å²) in [5.41, 5.74) is 3.87. The van der Waals surface area contributed by atoms with Gasteiger partial charge in [-0.1, -0.05) is 6.07 Å². The van der Waals surface area contributed by atoms with Gasteiger partial charge in [-0.15, -0.1) is 0 Å². The van der Waals surface area contributed by atoms with Crippen LogP contribution >= 0.6 is 0 Å². The van der Waals surface area contributed by atoms with Crippen LogP contribution in [0.5, 0.6) is 0 Å². The van der Waals surface area contributed by atoms with E-state index in [9.17, 15) is 9.59 Å². The molecule has 136 valence electrons. The molecule has 1 saturated heterocycles. The summed E-state index contributed by atoms with van der Waals surface area (Å²) in [4.78, 5) is 26.0. The lowest BCUT2D eigenvalue weighted by Crippen LogP contribution is -2.27. The summed E-state index contributed by atoms with van der Waals surface area (Å²) in [5.74, 6) is -0.207. The van der Waals surface area contributed by atoms with Crippen LogP contribution in [0.15, 0.2) is 60.8 Å². The molecule has 0 spiro atoms. The number of rotatable bonds is 4. The Labute approximate surface area is 156 Å². The lowest BCUT2D eigenvalue weighted by Gasteiger charge is -2.15. The molecule has 0 aliphatic carbocycles. The van der Waals surface area contributed by atoms with Crippen molar-refractivity contribution >= 4 is 23.3 Å². The maximum absolute atomic E-state index is 12.5. The molecule has 3 amide bonds. The predicted molar refractivity (Wildman–Crippen MR) is 103 cm³/mol. The first-order chi connectivity index (χ1) is 13.1. The molecule has 7 heteroatoms. The van der Waals surface area contributed by atoms with Gasteiger partial charge < -0.3 is 10.6 Å². The maximum atomic E-state index is 12.5. The van der Waals surface area contributed by atoms with Crippen molar-refractivity contribution in [2.45, 2.75) is 6.92 Å². The molecule has 2 N–H and O–H groups in total. The molecule has 0 unspecified atom stereocenters. The largest absolute Gasteiger partial charge is 0.336 e. The number of hydrogen-bond donors (Lipinski definition) is 2. The summed E-state index contributed by atoms with van der Waals surface area (Å²) in [6.45, 7) is 3.21. The van der Waals surface area contributed by atoms with Crippen LogP contribution in [-0.2, 0) is 0 Å². The zero-order valence-electron chi connectivity index (χ0n) is 14.8. The van der Waals surface area contributed by atoms with Crippen molar-refractivity contribution in [1.29, 1.82) is 0 Å². The first kappa shape index (κ1) is 16.8. The van der Waals surface area contributed by atoms with Gasteiger partial charge in [0, 0.05) is 41.9 Å². The van der Waals surface area contributed by atoms with E-state index in [0.717, 1.165) is 17.1 Å². The highest BCUT2D eigenvalue weighted by molar-refractivity contribution is 6.05. The highest BCUT2D eigenvalue weighted by Crippen LogP contribution is 2.21. The molecule has 2 aromatic carbocycles. The Morgan fingerprint density at radius 1 is 1.11 bits per heavy atom. The summed E-state index contributed by atoms with van der Waals surface area (Å²) in [6, 6.07) is 16.3. The van der Waals surface area contributed by atoms with E-state index < -0.39 is 0 Å². The van der Waals surface area contributed by atoms with E-state index in [4.69, 9.17) is 0 Å². The smallest absolute Gasteiger partial charge is 0.321 e. The molecular formula is C20H19N5O2. The number of nitrogens with zero attached hydrogens (tertiary/aromatic N) is 3. The van der Waals surface area contributed by atoms with Gasteiger partial charge in [0.2, 0.25) is 0 Å². The van der Waals surface area contributed by atoms with E-state index in [0.29, 0.717) is 24.3 Å². The quantitative estimate of drug-likeness (QED) is 0.750. The number of aromatic nitrogens is 2. The monoisotopic (exact) mass is 361 g/mol. The Morgan fingerprint density at radius 3 is 2.59 bits per heavy atom. The van der Waals surface area contributed by atoms with Crippen molar-refractivity contribution in [3.05, 3.63) is 72.1 Å². The van der Waals surface area contributed by atoms with Gasteiger partial charge in [-0.05, 0) is 55.5 Å². The van der Waals surface area contributed by atoms with Crippen molar-refractivity contribution in [1.82, 2.24) is 15.1 Å². The summed E-state index contributed by atoms with van der Waals surface area (Å²) in [6.07, 6.45) is 1.74. The number of carbonyl (C=O) groups excluding carboxylic acids is 2. The number of anilines is 2. The fourth-order valence-corrected chi connectivity index (χ4v) is 3.07. The highest BCUT2D eigenvalue weighted by atomic mass is 16.2. The number of hydrogen-bond acceptors (Lipinski definition) is 3. The molecule has 0 bridgehead atoms. The third-order valence-corrected chi connectivity index (χ3v) is 4.48. The molecule has 7 nitrogen and oxygen atoms in total. The minimum atomic E-state index is -0.207. The third kappa shape index (κ3) is 3.39. The molecule has 4 rings (SSSR count). The second-order valence-corrected chi connectivity index (χ2v) is 6.32. The lowest BCUT2D eigenvalue weighted by molar-refractivity contribution is 0.102. The van der Waals surface area contributed by atoms with Crippen LogP contribution in [-0.4, -0.2) is 34.8 Å².